The van der Waals surface area contributed by atoms with Crippen LogP contribution >= 0.6 is 0 Å². The van der Waals surface area contributed by atoms with Crippen LogP contribution in [-0.4, -0.2) is 45.0 Å². The minimum Gasteiger partial charge on any atom is -0.361 e. The Labute approximate surface area is 148 Å². The van der Waals surface area contributed by atoms with Gasteiger partial charge in [-0.05, 0) is 44.9 Å². The van der Waals surface area contributed by atoms with Crippen LogP contribution in [0.15, 0.2) is 29.0 Å². The van der Waals surface area contributed by atoms with Crippen LogP contribution in [0, 0.1) is 13.8 Å². The number of rotatable bonds is 5. The van der Waals surface area contributed by atoms with E-state index in [2.05, 4.69) is 15.0 Å². The van der Waals surface area contributed by atoms with Crippen LogP contribution in [0.3, 0.4) is 0 Å². The Bertz CT molecular complexity index is 694. The van der Waals surface area contributed by atoms with Crippen LogP contribution in [0.5, 0.6) is 0 Å². The topological polar surface area (TPSA) is 62.5 Å². The van der Waals surface area contributed by atoms with E-state index in [-0.39, 0.29) is 11.9 Å². The van der Waals surface area contributed by atoms with Crippen LogP contribution < -0.4 is 0 Å². The molecule has 2 aromatic heterocycles. The average molecular weight is 342 g/mol. The first-order chi connectivity index (χ1) is 12.0. The highest BCUT2D eigenvalue weighted by molar-refractivity contribution is 5.73. The van der Waals surface area contributed by atoms with Crippen molar-refractivity contribution >= 4 is 5.91 Å². The van der Waals surface area contributed by atoms with Crippen molar-refractivity contribution in [2.24, 2.45) is 0 Å². The monoisotopic (exact) mass is 342 g/mol. The van der Waals surface area contributed by atoms with Gasteiger partial charge in [0.2, 0.25) is 5.91 Å². The zero-order chi connectivity index (χ0) is 17.8. The van der Waals surface area contributed by atoms with E-state index in [1.807, 2.05) is 37.1 Å². The van der Waals surface area contributed by atoms with Crippen molar-refractivity contribution in [2.75, 3.05) is 13.1 Å². The lowest BCUT2D eigenvalue weighted by Gasteiger charge is -2.39. The van der Waals surface area contributed by atoms with Gasteiger partial charge in [0, 0.05) is 50.6 Å². The largest absolute Gasteiger partial charge is 0.361 e. The quantitative estimate of drug-likeness (QED) is 0.836. The van der Waals surface area contributed by atoms with E-state index in [1.54, 1.807) is 13.1 Å². The van der Waals surface area contributed by atoms with Gasteiger partial charge in [0.05, 0.1) is 5.69 Å². The Morgan fingerprint density at radius 3 is 2.92 bits per heavy atom. The third-order valence-corrected chi connectivity index (χ3v) is 4.96. The van der Waals surface area contributed by atoms with Gasteiger partial charge >= 0.3 is 0 Å². The van der Waals surface area contributed by atoms with Gasteiger partial charge in [-0.15, -0.1) is 0 Å². The van der Waals surface area contributed by atoms with E-state index < -0.39 is 0 Å². The molecule has 6 heteroatoms. The minimum absolute atomic E-state index is 0.119. The Morgan fingerprint density at radius 1 is 1.44 bits per heavy atom. The van der Waals surface area contributed by atoms with Gasteiger partial charge in [-0.25, -0.2) is 0 Å². The van der Waals surface area contributed by atoms with Crippen molar-refractivity contribution in [3.63, 3.8) is 0 Å². The summed E-state index contributed by atoms with van der Waals surface area (Å²) in [5.41, 5.74) is 3.20. The summed E-state index contributed by atoms with van der Waals surface area (Å²) in [6, 6.07) is 4.16. The van der Waals surface area contributed by atoms with E-state index in [1.165, 1.54) is 5.56 Å². The molecule has 1 saturated heterocycles. The maximum Gasteiger partial charge on any atom is 0.220 e. The van der Waals surface area contributed by atoms with Gasteiger partial charge in [0.25, 0.3) is 0 Å². The van der Waals surface area contributed by atoms with Gasteiger partial charge in [-0.2, -0.15) is 0 Å². The Hall–Kier alpha value is -2.21. The lowest BCUT2D eigenvalue weighted by molar-refractivity contribution is -0.133. The smallest absolute Gasteiger partial charge is 0.220 e. The lowest BCUT2D eigenvalue weighted by Crippen LogP contribution is -2.49. The van der Waals surface area contributed by atoms with Crippen LogP contribution in [0.1, 0.15) is 42.3 Å². The number of aryl methyl sites for hydroxylation is 2. The molecule has 1 aliphatic rings. The molecule has 134 valence electrons. The number of pyridine rings is 1. The van der Waals surface area contributed by atoms with E-state index in [0.29, 0.717) is 6.54 Å². The number of amides is 1. The van der Waals surface area contributed by atoms with Crippen molar-refractivity contribution in [1.29, 1.82) is 0 Å². The zero-order valence-electron chi connectivity index (χ0n) is 15.2. The Kier molecular flexibility index (Phi) is 5.48. The molecule has 3 heterocycles. The fourth-order valence-electron chi connectivity index (χ4n) is 3.57. The van der Waals surface area contributed by atoms with Crippen LogP contribution in [0.25, 0.3) is 0 Å². The van der Waals surface area contributed by atoms with Gasteiger partial charge in [-0.1, -0.05) is 11.2 Å². The predicted octanol–water partition coefficient (Wildman–Crippen LogP) is 2.70. The number of aromatic nitrogens is 2. The first kappa shape index (κ1) is 17.6. The molecule has 0 aromatic carbocycles. The molecule has 0 spiro atoms. The summed E-state index contributed by atoms with van der Waals surface area (Å²) < 4.78 is 5.28. The average Bonchev–Trinajstić information content (AvgIpc) is 2.92. The maximum absolute atomic E-state index is 12.2. The molecule has 1 unspecified atom stereocenters. The molecule has 0 radical (unpaired) electrons. The molecule has 0 bridgehead atoms. The highest BCUT2D eigenvalue weighted by Gasteiger charge is 2.28. The highest BCUT2D eigenvalue weighted by atomic mass is 16.5. The molecule has 25 heavy (non-hydrogen) atoms. The molecule has 1 atom stereocenters. The van der Waals surface area contributed by atoms with Crippen molar-refractivity contribution in [3.05, 3.63) is 47.1 Å². The van der Waals surface area contributed by atoms with Gasteiger partial charge in [0.15, 0.2) is 0 Å². The molecule has 1 fully saturated rings. The number of likely N-dealkylation sites (tertiary alicyclic amines) is 1. The number of carbonyl (C=O) groups excluding carboxylic acids is 1. The van der Waals surface area contributed by atoms with Crippen LogP contribution in [0.2, 0.25) is 0 Å². The van der Waals surface area contributed by atoms with Crippen molar-refractivity contribution in [2.45, 2.75) is 52.7 Å². The van der Waals surface area contributed by atoms with Crippen LogP contribution in [0.4, 0.5) is 0 Å². The van der Waals surface area contributed by atoms with E-state index >= 15 is 0 Å². The first-order valence-electron chi connectivity index (χ1n) is 8.85. The van der Waals surface area contributed by atoms with Crippen molar-refractivity contribution in [1.82, 2.24) is 19.9 Å². The molecular formula is C19H26N4O2. The third kappa shape index (κ3) is 4.25. The second kappa shape index (κ2) is 7.78. The Balaban J connectivity index is 1.69. The molecule has 0 aliphatic carbocycles. The number of hydrogen-bond donors (Lipinski definition) is 0. The minimum atomic E-state index is 0.119. The fourth-order valence-corrected chi connectivity index (χ4v) is 3.57. The molecule has 1 aliphatic heterocycles. The molecule has 0 N–H and O–H groups in total. The van der Waals surface area contributed by atoms with E-state index in [9.17, 15) is 4.79 Å². The molecule has 1 amide bonds. The first-order valence-corrected chi connectivity index (χ1v) is 8.85. The third-order valence-electron chi connectivity index (χ3n) is 4.96. The van der Waals surface area contributed by atoms with E-state index in [4.69, 9.17) is 4.52 Å². The second-order valence-corrected chi connectivity index (χ2v) is 6.84. The predicted molar refractivity (Wildman–Crippen MR) is 94.7 cm³/mol. The Morgan fingerprint density at radius 2 is 2.28 bits per heavy atom. The highest BCUT2D eigenvalue weighted by Crippen LogP contribution is 2.22. The van der Waals surface area contributed by atoms with Crippen molar-refractivity contribution < 1.29 is 9.32 Å². The standard InChI is InChI=1S/C19H26N4O2/c1-14-19(15(2)25-21-14)13-22-9-5-7-18(12-22)23(16(3)24)11-17-6-4-8-20-10-17/h4,6,8,10,18H,5,7,9,11-13H2,1-3H3. The second-order valence-electron chi connectivity index (χ2n) is 6.84. The summed E-state index contributed by atoms with van der Waals surface area (Å²) in [5.74, 6) is 1.01. The molecule has 0 saturated carbocycles. The normalized spacial score (nSPS) is 18.3. The van der Waals surface area contributed by atoms with E-state index in [0.717, 1.165) is 49.5 Å². The summed E-state index contributed by atoms with van der Waals surface area (Å²) >= 11 is 0. The number of hydrogen-bond acceptors (Lipinski definition) is 5. The summed E-state index contributed by atoms with van der Waals surface area (Å²) in [6.45, 7) is 8.97. The molecular weight excluding hydrogens is 316 g/mol. The maximum atomic E-state index is 12.2. The summed E-state index contributed by atoms with van der Waals surface area (Å²) in [5, 5.41) is 4.05. The van der Waals surface area contributed by atoms with Gasteiger partial charge in [-0.3, -0.25) is 14.7 Å². The summed E-state index contributed by atoms with van der Waals surface area (Å²) in [7, 11) is 0. The lowest BCUT2D eigenvalue weighted by atomic mass is 10.0. The van der Waals surface area contributed by atoms with Gasteiger partial charge < -0.3 is 9.42 Å². The number of nitrogens with zero attached hydrogens (tertiary/aromatic N) is 4. The van der Waals surface area contributed by atoms with Crippen LogP contribution in [-0.2, 0) is 17.9 Å². The van der Waals surface area contributed by atoms with Gasteiger partial charge in [0.1, 0.15) is 5.76 Å². The summed E-state index contributed by atoms with van der Waals surface area (Å²) in [6.07, 6.45) is 5.72. The molecule has 6 nitrogen and oxygen atoms in total. The summed E-state index contributed by atoms with van der Waals surface area (Å²) in [4.78, 5) is 20.8. The number of carbonyl (C=O) groups is 1. The molecule has 2 aromatic rings. The SMILES string of the molecule is CC(=O)N(Cc1cccnc1)C1CCCN(Cc2c(C)noc2C)C1. The molecule has 3 rings (SSSR count). The zero-order valence-corrected chi connectivity index (χ0v) is 15.2. The van der Waals surface area contributed by atoms with Crippen molar-refractivity contribution in [3.8, 4) is 0 Å². The number of piperidine rings is 1. The fraction of sp³-hybridized carbons (Fsp3) is 0.526.